The van der Waals surface area contributed by atoms with E-state index in [1.165, 1.54) is 0 Å². The molecule has 2 fully saturated rings. The average molecular weight is 372 g/mol. The van der Waals surface area contributed by atoms with Crippen LogP contribution in [-0.4, -0.2) is 35.3 Å². The lowest BCUT2D eigenvalue weighted by molar-refractivity contribution is -0.168. The van der Waals surface area contributed by atoms with E-state index in [1.807, 2.05) is 34.6 Å². The minimum Gasteiger partial charge on any atom is -0.491 e. The van der Waals surface area contributed by atoms with E-state index in [0.717, 1.165) is 10.6 Å². The summed E-state index contributed by atoms with van der Waals surface area (Å²) in [7, 11) is 0. The van der Waals surface area contributed by atoms with Crippen LogP contribution in [0.15, 0.2) is 24.3 Å². The quantitative estimate of drug-likeness (QED) is 0.805. The number of anilines is 1. The van der Waals surface area contributed by atoms with Crippen molar-refractivity contribution < 1.29 is 19.1 Å². The molecule has 2 unspecified atom stereocenters. The van der Waals surface area contributed by atoms with Gasteiger partial charge in [0.15, 0.2) is 0 Å². The van der Waals surface area contributed by atoms with Crippen LogP contribution in [0.1, 0.15) is 47.5 Å². The summed E-state index contributed by atoms with van der Waals surface area (Å²) in [6.45, 7) is 9.52. The number of nitrogens with zero attached hydrogens (tertiary/aromatic N) is 1. The van der Waals surface area contributed by atoms with Gasteiger partial charge in [-0.05, 0) is 56.4 Å². The van der Waals surface area contributed by atoms with Gasteiger partial charge in [-0.25, -0.2) is 0 Å². The van der Waals surface area contributed by atoms with Crippen LogP contribution in [0.5, 0.6) is 5.75 Å². The van der Waals surface area contributed by atoms with Crippen molar-refractivity contribution in [3.05, 3.63) is 24.3 Å². The maximum atomic E-state index is 13.0. The number of imide groups is 1. The van der Waals surface area contributed by atoms with E-state index in [2.05, 4.69) is 5.32 Å². The summed E-state index contributed by atoms with van der Waals surface area (Å²) in [5.74, 6) is -0.327. The monoisotopic (exact) mass is 372 g/mol. The Bertz CT molecular complexity index is 769. The molecule has 6 nitrogen and oxygen atoms in total. The number of carbonyl (C=O) groups is 3. The molecule has 0 spiro atoms. The van der Waals surface area contributed by atoms with Gasteiger partial charge in [0.25, 0.3) is 0 Å². The molecule has 1 N–H and O–H groups in total. The molecule has 2 aliphatic rings. The van der Waals surface area contributed by atoms with Crippen molar-refractivity contribution in [3.63, 3.8) is 0 Å². The molecular weight excluding hydrogens is 344 g/mol. The summed E-state index contributed by atoms with van der Waals surface area (Å²) < 4.78 is 5.57. The van der Waals surface area contributed by atoms with Crippen molar-refractivity contribution >= 4 is 23.4 Å². The Balaban J connectivity index is 1.68. The molecule has 2 atom stereocenters. The molecule has 0 radical (unpaired) electrons. The first kappa shape index (κ1) is 19.4. The normalized spacial score (nSPS) is 26.4. The highest BCUT2D eigenvalue weighted by Gasteiger charge is 2.64. The first-order chi connectivity index (χ1) is 12.6. The highest BCUT2D eigenvalue weighted by Crippen LogP contribution is 2.59. The van der Waals surface area contributed by atoms with Crippen molar-refractivity contribution in [1.82, 2.24) is 4.90 Å². The number of fused-ring (bicyclic) bond motifs is 2. The summed E-state index contributed by atoms with van der Waals surface area (Å²) >= 11 is 0. The highest BCUT2D eigenvalue weighted by atomic mass is 16.5. The van der Waals surface area contributed by atoms with Gasteiger partial charge in [-0.15, -0.1) is 0 Å². The van der Waals surface area contributed by atoms with E-state index in [1.54, 1.807) is 24.3 Å². The molecule has 1 saturated heterocycles. The molecule has 1 aromatic rings. The van der Waals surface area contributed by atoms with Crippen LogP contribution in [0.2, 0.25) is 0 Å². The standard InChI is InChI=1S/C21H28N2O4/c1-13(2)27-15-8-6-14(7-9-15)22-17(24)12-23-18(25)16-10-11-21(5,19(23)26)20(16,3)4/h6-9,13,16H,10-12H2,1-5H3,(H,22,24). The average Bonchev–Trinajstić information content (AvgIpc) is 2.77. The largest absolute Gasteiger partial charge is 0.491 e. The predicted molar refractivity (Wildman–Crippen MR) is 102 cm³/mol. The Morgan fingerprint density at radius 3 is 2.44 bits per heavy atom. The zero-order valence-electron chi connectivity index (χ0n) is 16.7. The van der Waals surface area contributed by atoms with Gasteiger partial charge in [0.1, 0.15) is 12.3 Å². The molecule has 0 aromatic heterocycles. The van der Waals surface area contributed by atoms with Crippen LogP contribution in [0.25, 0.3) is 0 Å². The summed E-state index contributed by atoms with van der Waals surface area (Å²) in [4.78, 5) is 39.4. The third kappa shape index (κ3) is 3.22. The maximum absolute atomic E-state index is 13.0. The van der Waals surface area contributed by atoms with E-state index in [4.69, 9.17) is 4.74 Å². The fraction of sp³-hybridized carbons (Fsp3) is 0.571. The number of nitrogens with one attached hydrogen (secondary N) is 1. The zero-order valence-corrected chi connectivity index (χ0v) is 16.7. The molecule has 146 valence electrons. The molecule has 3 rings (SSSR count). The summed E-state index contributed by atoms with van der Waals surface area (Å²) in [5.41, 5.74) is -0.371. The lowest BCUT2D eigenvalue weighted by atomic mass is 9.62. The van der Waals surface area contributed by atoms with E-state index in [0.29, 0.717) is 18.5 Å². The van der Waals surface area contributed by atoms with E-state index < -0.39 is 5.41 Å². The fourth-order valence-electron chi connectivity index (χ4n) is 4.28. The summed E-state index contributed by atoms with van der Waals surface area (Å²) in [5, 5.41) is 2.75. The second-order valence-corrected chi connectivity index (χ2v) is 8.61. The lowest BCUT2D eigenvalue weighted by Gasteiger charge is -2.47. The molecule has 3 amide bonds. The minimum atomic E-state index is -0.596. The minimum absolute atomic E-state index is 0.0718. The second kappa shape index (κ2) is 6.66. The fourth-order valence-corrected chi connectivity index (χ4v) is 4.28. The molecule has 1 aliphatic heterocycles. The van der Waals surface area contributed by atoms with Crippen molar-refractivity contribution in [2.45, 2.75) is 53.6 Å². The summed E-state index contributed by atoms with van der Waals surface area (Å²) in [6, 6.07) is 7.03. The molecule has 27 heavy (non-hydrogen) atoms. The Labute approximate surface area is 160 Å². The number of amides is 3. The van der Waals surface area contributed by atoms with Crippen molar-refractivity contribution in [3.8, 4) is 5.75 Å². The zero-order chi connectivity index (χ0) is 20.0. The summed E-state index contributed by atoms with van der Waals surface area (Å²) in [6.07, 6.45) is 1.45. The Hall–Kier alpha value is -2.37. The number of ether oxygens (including phenoxy) is 1. The molecule has 2 bridgehead atoms. The van der Waals surface area contributed by atoms with E-state index >= 15 is 0 Å². The Kier molecular flexibility index (Phi) is 4.78. The molecule has 1 aliphatic carbocycles. The lowest BCUT2D eigenvalue weighted by Crippen LogP contribution is -2.60. The van der Waals surface area contributed by atoms with Crippen LogP contribution >= 0.6 is 0 Å². The Morgan fingerprint density at radius 2 is 1.85 bits per heavy atom. The number of carbonyl (C=O) groups excluding carboxylic acids is 3. The van der Waals surface area contributed by atoms with Crippen molar-refractivity contribution in [2.75, 3.05) is 11.9 Å². The number of hydrogen-bond donors (Lipinski definition) is 1. The number of rotatable bonds is 5. The van der Waals surface area contributed by atoms with Gasteiger partial charge in [-0.2, -0.15) is 0 Å². The van der Waals surface area contributed by atoms with Gasteiger partial charge in [0.05, 0.1) is 11.5 Å². The van der Waals surface area contributed by atoms with E-state index in [-0.39, 0.29) is 41.7 Å². The van der Waals surface area contributed by atoms with Crippen LogP contribution in [0, 0.1) is 16.7 Å². The second-order valence-electron chi connectivity index (χ2n) is 8.61. The Morgan fingerprint density at radius 1 is 1.22 bits per heavy atom. The van der Waals surface area contributed by atoms with Gasteiger partial charge in [0.2, 0.25) is 17.7 Å². The third-order valence-electron chi connectivity index (χ3n) is 6.32. The number of likely N-dealkylation sites (tertiary alicyclic amines) is 1. The van der Waals surface area contributed by atoms with Crippen molar-refractivity contribution in [2.24, 2.45) is 16.7 Å². The van der Waals surface area contributed by atoms with Gasteiger partial charge in [-0.1, -0.05) is 20.8 Å². The number of piperidine rings is 1. The molecule has 1 aromatic carbocycles. The van der Waals surface area contributed by atoms with Crippen LogP contribution in [0.3, 0.4) is 0 Å². The van der Waals surface area contributed by atoms with Crippen LogP contribution < -0.4 is 10.1 Å². The molecule has 1 saturated carbocycles. The molecule has 1 heterocycles. The maximum Gasteiger partial charge on any atom is 0.244 e. The number of benzene rings is 1. The van der Waals surface area contributed by atoms with Gasteiger partial charge < -0.3 is 10.1 Å². The van der Waals surface area contributed by atoms with E-state index in [9.17, 15) is 14.4 Å². The predicted octanol–water partition coefficient (Wildman–Crippen LogP) is 3.22. The van der Waals surface area contributed by atoms with Gasteiger partial charge >= 0.3 is 0 Å². The molecular formula is C21H28N2O4. The highest BCUT2D eigenvalue weighted by molar-refractivity contribution is 6.07. The smallest absolute Gasteiger partial charge is 0.244 e. The SMILES string of the molecule is CC(C)Oc1ccc(NC(=O)CN2C(=O)C3CCC(C)(C2=O)C3(C)C)cc1. The topological polar surface area (TPSA) is 75.7 Å². The van der Waals surface area contributed by atoms with Gasteiger partial charge in [-0.3, -0.25) is 19.3 Å². The van der Waals surface area contributed by atoms with Crippen LogP contribution in [0.4, 0.5) is 5.69 Å². The number of hydrogen-bond acceptors (Lipinski definition) is 4. The van der Waals surface area contributed by atoms with Crippen molar-refractivity contribution in [1.29, 1.82) is 0 Å². The van der Waals surface area contributed by atoms with Gasteiger partial charge in [0, 0.05) is 11.6 Å². The first-order valence-electron chi connectivity index (χ1n) is 9.48. The third-order valence-corrected chi connectivity index (χ3v) is 6.32. The first-order valence-corrected chi connectivity index (χ1v) is 9.48. The van der Waals surface area contributed by atoms with Crippen LogP contribution in [-0.2, 0) is 14.4 Å². The molecule has 6 heteroatoms.